The van der Waals surface area contributed by atoms with Gasteiger partial charge in [-0.1, -0.05) is 54.8 Å². The summed E-state index contributed by atoms with van der Waals surface area (Å²) in [6, 6.07) is 12.1. The maximum Gasteiger partial charge on any atom is 0.417 e. The lowest BCUT2D eigenvalue weighted by Gasteiger charge is -2.23. The van der Waals surface area contributed by atoms with E-state index in [9.17, 15) is 18.0 Å². The second kappa shape index (κ2) is 8.31. The summed E-state index contributed by atoms with van der Waals surface area (Å²) in [6.45, 7) is 0. The molecule has 1 amide bonds. The maximum atomic E-state index is 13.1. The first-order valence-corrected chi connectivity index (χ1v) is 9.21. The van der Waals surface area contributed by atoms with E-state index >= 15 is 0 Å². The Morgan fingerprint density at radius 2 is 1.74 bits per heavy atom. The van der Waals surface area contributed by atoms with Crippen LogP contribution in [0.5, 0.6) is 0 Å². The van der Waals surface area contributed by atoms with E-state index in [1.165, 1.54) is 6.07 Å². The lowest BCUT2D eigenvalue weighted by Crippen LogP contribution is -2.38. The number of halogens is 4. The summed E-state index contributed by atoms with van der Waals surface area (Å²) in [6.07, 6.45) is -0.413. The molecule has 1 atom stereocenters. The van der Waals surface area contributed by atoms with E-state index < -0.39 is 28.7 Å². The highest BCUT2D eigenvalue weighted by Crippen LogP contribution is 2.36. The summed E-state index contributed by atoms with van der Waals surface area (Å²) in [5, 5.41) is 5.54. The smallest absolute Gasteiger partial charge is 0.324 e. The molecular weight excluding hydrogens is 377 g/mol. The molecule has 0 bridgehead atoms. The van der Waals surface area contributed by atoms with Crippen molar-refractivity contribution in [1.29, 1.82) is 0 Å². The Bertz CT molecular complexity index is 790. The summed E-state index contributed by atoms with van der Waals surface area (Å²) in [5.74, 6) is -0.399. The number of hydrogen-bond donors (Lipinski definition) is 2. The molecule has 1 aliphatic rings. The Hall–Kier alpha value is -2.05. The molecule has 3 rings (SSSR count). The van der Waals surface area contributed by atoms with Gasteiger partial charge in [0.05, 0.1) is 10.6 Å². The van der Waals surface area contributed by atoms with Gasteiger partial charge >= 0.3 is 6.18 Å². The number of benzene rings is 2. The zero-order valence-electron chi connectivity index (χ0n) is 14.5. The van der Waals surface area contributed by atoms with Gasteiger partial charge in [-0.25, -0.2) is 0 Å². The lowest BCUT2D eigenvalue weighted by atomic mass is 10.0. The van der Waals surface area contributed by atoms with Crippen LogP contribution in [-0.2, 0) is 11.0 Å². The third-order valence-corrected chi connectivity index (χ3v) is 5.02. The van der Waals surface area contributed by atoms with Crippen molar-refractivity contribution in [3.05, 3.63) is 64.7 Å². The van der Waals surface area contributed by atoms with Crippen LogP contribution >= 0.6 is 11.6 Å². The van der Waals surface area contributed by atoms with Gasteiger partial charge in [-0.2, -0.15) is 13.2 Å². The van der Waals surface area contributed by atoms with Gasteiger partial charge in [0, 0.05) is 11.7 Å². The van der Waals surface area contributed by atoms with Gasteiger partial charge in [0.1, 0.15) is 6.04 Å². The Morgan fingerprint density at radius 3 is 2.37 bits per heavy atom. The predicted octanol–water partition coefficient (Wildman–Crippen LogP) is 5.57. The molecule has 0 radical (unpaired) electrons. The molecule has 0 aliphatic heterocycles. The van der Waals surface area contributed by atoms with Gasteiger partial charge in [0.2, 0.25) is 5.91 Å². The van der Waals surface area contributed by atoms with Gasteiger partial charge in [0.15, 0.2) is 0 Å². The van der Waals surface area contributed by atoms with E-state index in [1.54, 1.807) is 0 Å². The summed E-state index contributed by atoms with van der Waals surface area (Å²) in [5.41, 5.74) is -0.139. The number of amides is 1. The number of nitrogens with one attached hydrogen (secondary N) is 2. The van der Waals surface area contributed by atoms with Crippen molar-refractivity contribution in [1.82, 2.24) is 5.32 Å². The van der Waals surface area contributed by atoms with E-state index in [0.717, 1.165) is 43.4 Å². The Morgan fingerprint density at radius 1 is 1.07 bits per heavy atom. The molecule has 1 saturated carbocycles. The van der Waals surface area contributed by atoms with Crippen LogP contribution in [0.4, 0.5) is 18.9 Å². The van der Waals surface area contributed by atoms with Gasteiger partial charge in [0.25, 0.3) is 0 Å². The number of alkyl halides is 3. The standard InChI is InChI=1S/C20H20ClF3N2O/c21-17-11-10-15(12-16(17)20(22,23)24)26-19(27)18(13-6-2-1-3-7-13)25-14-8-4-5-9-14/h1-3,6-7,10-12,14,18,25H,4-5,8-9H2,(H,26,27). The van der Waals surface area contributed by atoms with Gasteiger partial charge in [-0.05, 0) is 36.6 Å². The van der Waals surface area contributed by atoms with Crippen molar-refractivity contribution in [2.24, 2.45) is 0 Å². The molecule has 1 aliphatic carbocycles. The number of hydrogen-bond acceptors (Lipinski definition) is 2. The van der Waals surface area contributed by atoms with E-state index in [0.29, 0.717) is 0 Å². The van der Waals surface area contributed by atoms with Crippen LogP contribution < -0.4 is 10.6 Å². The van der Waals surface area contributed by atoms with Gasteiger partial charge in [-0.3, -0.25) is 10.1 Å². The number of rotatable bonds is 5. The van der Waals surface area contributed by atoms with Crippen LogP contribution in [0.2, 0.25) is 5.02 Å². The van der Waals surface area contributed by atoms with Crippen molar-refractivity contribution < 1.29 is 18.0 Å². The molecule has 7 heteroatoms. The van der Waals surface area contributed by atoms with Crippen LogP contribution in [0.3, 0.4) is 0 Å². The van der Waals surface area contributed by atoms with Crippen molar-refractivity contribution >= 4 is 23.2 Å². The minimum Gasteiger partial charge on any atom is -0.324 e. The first-order chi connectivity index (χ1) is 12.8. The highest BCUT2D eigenvalue weighted by Gasteiger charge is 2.34. The minimum atomic E-state index is -4.58. The monoisotopic (exact) mass is 396 g/mol. The molecule has 1 unspecified atom stereocenters. The molecule has 0 heterocycles. The second-order valence-corrected chi connectivity index (χ2v) is 7.08. The van der Waals surface area contributed by atoms with E-state index in [1.807, 2.05) is 30.3 Å². The van der Waals surface area contributed by atoms with Crippen LogP contribution in [0, 0.1) is 0 Å². The van der Waals surface area contributed by atoms with Crippen molar-refractivity contribution in [2.75, 3.05) is 5.32 Å². The van der Waals surface area contributed by atoms with Crippen molar-refractivity contribution in [2.45, 2.75) is 43.9 Å². The molecule has 1 fully saturated rings. The molecular formula is C20H20ClF3N2O. The molecule has 2 aromatic rings. The molecule has 3 nitrogen and oxygen atoms in total. The Balaban J connectivity index is 1.82. The Labute approximate surface area is 160 Å². The Kier molecular flexibility index (Phi) is 6.07. The van der Waals surface area contributed by atoms with Crippen molar-refractivity contribution in [3.63, 3.8) is 0 Å². The largest absolute Gasteiger partial charge is 0.417 e. The normalized spacial score (nSPS) is 16.3. The maximum absolute atomic E-state index is 13.1. The third kappa shape index (κ3) is 5.02. The van der Waals surface area contributed by atoms with Crippen molar-refractivity contribution in [3.8, 4) is 0 Å². The fraction of sp³-hybridized carbons (Fsp3) is 0.350. The second-order valence-electron chi connectivity index (χ2n) is 6.67. The zero-order valence-corrected chi connectivity index (χ0v) is 15.3. The first kappa shape index (κ1) is 19.7. The lowest BCUT2D eigenvalue weighted by molar-refractivity contribution is -0.137. The topological polar surface area (TPSA) is 41.1 Å². The van der Waals surface area contributed by atoms with Gasteiger partial charge in [-0.15, -0.1) is 0 Å². The predicted molar refractivity (Wildman–Crippen MR) is 99.7 cm³/mol. The quantitative estimate of drug-likeness (QED) is 0.693. The average molecular weight is 397 g/mol. The van der Waals surface area contributed by atoms with Crippen LogP contribution in [0.1, 0.15) is 42.9 Å². The number of carbonyl (C=O) groups is 1. The molecule has 2 N–H and O–H groups in total. The fourth-order valence-electron chi connectivity index (χ4n) is 3.33. The number of carbonyl (C=O) groups excluding carboxylic acids is 1. The summed E-state index contributed by atoms with van der Waals surface area (Å²) in [7, 11) is 0. The molecule has 0 saturated heterocycles. The highest BCUT2D eigenvalue weighted by atomic mass is 35.5. The van der Waals surface area contributed by atoms with Crippen LogP contribution in [-0.4, -0.2) is 11.9 Å². The molecule has 0 aromatic heterocycles. The van der Waals surface area contributed by atoms with Crippen LogP contribution in [0.15, 0.2) is 48.5 Å². The summed E-state index contributed by atoms with van der Waals surface area (Å²) >= 11 is 5.64. The summed E-state index contributed by atoms with van der Waals surface area (Å²) in [4.78, 5) is 12.9. The highest BCUT2D eigenvalue weighted by molar-refractivity contribution is 6.31. The summed E-state index contributed by atoms with van der Waals surface area (Å²) < 4.78 is 39.2. The van der Waals surface area contributed by atoms with E-state index in [2.05, 4.69) is 10.6 Å². The average Bonchev–Trinajstić information content (AvgIpc) is 3.14. The van der Waals surface area contributed by atoms with E-state index in [-0.39, 0.29) is 11.7 Å². The number of anilines is 1. The van der Waals surface area contributed by atoms with Crippen LogP contribution in [0.25, 0.3) is 0 Å². The SMILES string of the molecule is O=C(Nc1ccc(Cl)c(C(F)(F)F)c1)C(NC1CCCC1)c1ccccc1. The van der Waals surface area contributed by atoms with E-state index in [4.69, 9.17) is 11.6 Å². The zero-order chi connectivity index (χ0) is 19.4. The fourth-order valence-corrected chi connectivity index (χ4v) is 3.56. The molecule has 0 spiro atoms. The molecule has 27 heavy (non-hydrogen) atoms. The molecule has 144 valence electrons. The third-order valence-electron chi connectivity index (χ3n) is 4.69. The molecule has 2 aromatic carbocycles. The van der Waals surface area contributed by atoms with Gasteiger partial charge < -0.3 is 5.32 Å². The minimum absolute atomic E-state index is 0.0610. The first-order valence-electron chi connectivity index (χ1n) is 8.83.